The highest BCUT2D eigenvalue weighted by atomic mass is 16.2. The largest absolute Gasteiger partial charge is 0.340 e. The van der Waals surface area contributed by atoms with Crippen LogP contribution >= 0.6 is 0 Å². The molecule has 1 unspecified atom stereocenters. The van der Waals surface area contributed by atoms with E-state index < -0.39 is 0 Å². The summed E-state index contributed by atoms with van der Waals surface area (Å²) in [6.45, 7) is 0. The second kappa shape index (κ2) is 4.13. The molecule has 0 radical (unpaired) electrons. The highest BCUT2D eigenvalue weighted by Gasteiger charge is 2.26. The molecule has 1 aliphatic rings. The van der Waals surface area contributed by atoms with E-state index in [1.165, 1.54) is 5.01 Å². The van der Waals surface area contributed by atoms with E-state index in [2.05, 4.69) is 10.4 Å². The van der Waals surface area contributed by atoms with Crippen molar-refractivity contribution >= 4 is 12.2 Å². The van der Waals surface area contributed by atoms with E-state index in [4.69, 9.17) is 0 Å². The molecule has 0 spiro atoms. The van der Waals surface area contributed by atoms with Crippen molar-refractivity contribution in [3.63, 3.8) is 0 Å². The molecule has 0 fully saturated rings. The van der Waals surface area contributed by atoms with Crippen LogP contribution in [0.4, 0.5) is 4.79 Å². The van der Waals surface area contributed by atoms with Crippen LogP contribution in [0.15, 0.2) is 35.4 Å². The van der Waals surface area contributed by atoms with Gasteiger partial charge in [0.2, 0.25) is 0 Å². The molecular weight excluding hydrogens is 190 g/mol. The van der Waals surface area contributed by atoms with Crippen molar-refractivity contribution < 1.29 is 4.79 Å². The van der Waals surface area contributed by atoms with Gasteiger partial charge in [-0.2, -0.15) is 5.10 Å². The Morgan fingerprint density at radius 2 is 2.20 bits per heavy atom. The van der Waals surface area contributed by atoms with Gasteiger partial charge in [-0.1, -0.05) is 30.3 Å². The number of rotatable bonds is 1. The topological polar surface area (TPSA) is 44.7 Å². The Morgan fingerprint density at radius 1 is 1.47 bits per heavy atom. The fraction of sp³-hybridized carbons (Fsp3) is 0.273. The molecule has 4 nitrogen and oxygen atoms in total. The molecule has 78 valence electrons. The molecule has 1 aromatic carbocycles. The summed E-state index contributed by atoms with van der Waals surface area (Å²) in [7, 11) is 1.61. The van der Waals surface area contributed by atoms with Crippen LogP contribution in [-0.2, 0) is 0 Å². The molecule has 15 heavy (non-hydrogen) atoms. The van der Waals surface area contributed by atoms with Gasteiger partial charge in [-0.25, -0.2) is 9.80 Å². The number of nitrogens with one attached hydrogen (secondary N) is 1. The molecule has 1 aromatic rings. The van der Waals surface area contributed by atoms with Crippen LogP contribution in [0, 0.1) is 0 Å². The minimum absolute atomic E-state index is 0.0335. The predicted molar refractivity (Wildman–Crippen MR) is 58.6 cm³/mol. The Bertz CT molecular complexity index is 375. The SMILES string of the molecule is CNC(=O)N1N=CCC1c1ccccc1. The van der Waals surface area contributed by atoms with Gasteiger partial charge in [-0.05, 0) is 5.56 Å². The van der Waals surface area contributed by atoms with Crippen LogP contribution in [0.25, 0.3) is 0 Å². The van der Waals surface area contributed by atoms with Crippen molar-refractivity contribution in [3.05, 3.63) is 35.9 Å². The number of hydrogen-bond acceptors (Lipinski definition) is 2. The molecule has 0 aromatic heterocycles. The van der Waals surface area contributed by atoms with Crippen molar-refractivity contribution in [1.29, 1.82) is 0 Å². The van der Waals surface area contributed by atoms with Crippen LogP contribution in [-0.4, -0.2) is 24.3 Å². The number of nitrogens with zero attached hydrogens (tertiary/aromatic N) is 2. The first-order chi connectivity index (χ1) is 7.33. The van der Waals surface area contributed by atoms with Gasteiger partial charge in [-0.3, -0.25) is 0 Å². The normalized spacial score (nSPS) is 19.3. The smallest absolute Gasteiger partial charge is 0.338 e. The van der Waals surface area contributed by atoms with Crippen molar-refractivity contribution in [2.45, 2.75) is 12.5 Å². The molecule has 1 N–H and O–H groups in total. The third-order valence-corrected chi connectivity index (χ3v) is 2.44. The summed E-state index contributed by atoms with van der Waals surface area (Å²) >= 11 is 0. The van der Waals surface area contributed by atoms with Crippen LogP contribution < -0.4 is 5.32 Å². The average molecular weight is 203 g/mol. The van der Waals surface area contributed by atoms with Crippen molar-refractivity contribution in [1.82, 2.24) is 10.3 Å². The number of amides is 2. The second-order valence-electron chi connectivity index (χ2n) is 3.36. The van der Waals surface area contributed by atoms with E-state index >= 15 is 0 Å². The van der Waals surface area contributed by atoms with Crippen molar-refractivity contribution in [3.8, 4) is 0 Å². The van der Waals surface area contributed by atoms with Gasteiger partial charge in [0.1, 0.15) is 0 Å². The van der Waals surface area contributed by atoms with Gasteiger partial charge in [0.05, 0.1) is 6.04 Å². The van der Waals surface area contributed by atoms with Crippen LogP contribution in [0.1, 0.15) is 18.0 Å². The lowest BCUT2D eigenvalue weighted by molar-refractivity contribution is 0.188. The molecule has 1 aliphatic heterocycles. The van der Waals surface area contributed by atoms with Gasteiger partial charge in [0.15, 0.2) is 0 Å². The Kier molecular flexibility index (Phi) is 2.67. The number of carbonyl (C=O) groups is 1. The number of urea groups is 1. The zero-order valence-corrected chi connectivity index (χ0v) is 8.55. The van der Waals surface area contributed by atoms with Gasteiger partial charge >= 0.3 is 6.03 Å². The lowest BCUT2D eigenvalue weighted by Gasteiger charge is -2.21. The predicted octanol–water partition coefficient (Wildman–Crippen LogP) is 1.76. The van der Waals surface area contributed by atoms with Gasteiger partial charge in [0.25, 0.3) is 0 Å². The molecule has 0 saturated carbocycles. The zero-order valence-electron chi connectivity index (χ0n) is 8.55. The second-order valence-corrected chi connectivity index (χ2v) is 3.36. The molecular formula is C11H13N3O. The van der Waals surface area contributed by atoms with Crippen molar-refractivity contribution in [2.75, 3.05) is 7.05 Å². The summed E-state index contributed by atoms with van der Waals surface area (Å²) in [5.41, 5.74) is 1.11. The van der Waals surface area contributed by atoms with E-state index in [9.17, 15) is 4.79 Å². The minimum Gasteiger partial charge on any atom is -0.340 e. The Morgan fingerprint density at radius 3 is 2.87 bits per heavy atom. The maximum absolute atomic E-state index is 11.5. The maximum atomic E-state index is 11.5. The number of hydrazone groups is 1. The minimum atomic E-state index is -0.169. The molecule has 1 atom stereocenters. The molecule has 0 saturated heterocycles. The van der Waals surface area contributed by atoms with E-state index in [-0.39, 0.29) is 12.1 Å². The summed E-state index contributed by atoms with van der Waals surface area (Å²) in [6, 6.07) is 9.78. The summed E-state index contributed by atoms with van der Waals surface area (Å²) < 4.78 is 0. The summed E-state index contributed by atoms with van der Waals surface area (Å²) in [4.78, 5) is 11.5. The van der Waals surface area contributed by atoms with Crippen LogP contribution in [0.2, 0.25) is 0 Å². The van der Waals surface area contributed by atoms with E-state index in [0.29, 0.717) is 0 Å². The third kappa shape index (κ3) is 1.83. The van der Waals surface area contributed by atoms with Crippen LogP contribution in [0.3, 0.4) is 0 Å². The average Bonchev–Trinajstić information content (AvgIpc) is 2.78. The quantitative estimate of drug-likeness (QED) is 0.742. The van der Waals surface area contributed by atoms with E-state index in [1.807, 2.05) is 30.3 Å². The zero-order chi connectivity index (χ0) is 10.7. The Balaban J connectivity index is 2.21. The molecule has 1 heterocycles. The molecule has 4 heteroatoms. The summed E-state index contributed by atoms with van der Waals surface area (Å²) in [5, 5.41) is 8.12. The number of hydrogen-bond donors (Lipinski definition) is 1. The highest BCUT2D eigenvalue weighted by molar-refractivity contribution is 5.78. The highest BCUT2D eigenvalue weighted by Crippen LogP contribution is 2.27. The first-order valence-electron chi connectivity index (χ1n) is 4.91. The summed E-state index contributed by atoms with van der Waals surface area (Å²) in [6.07, 6.45) is 2.55. The lowest BCUT2D eigenvalue weighted by atomic mass is 10.1. The first-order valence-corrected chi connectivity index (χ1v) is 4.91. The standard InChI is InChI=1S/C11H13N3O/c1-12-11(15)14-10(7-8-13-14)9-5-3-2-4-6-9/h2-6,8,10H,7H2,1H3,(H,12,15). The van der Waals surface area contributed by atoms with E-state index in [0.717, 1.165) is 12.0 Å². The number of benzene rings is 1. The monoisotopic (exact) mass is 203 g/mol. The lowest BCUT2D eigenvalue weighted by Crippen LogP contribution is -2.34. The van der Waals surface area contributed by atoms with E-state index in [1.54, 1.807) is 13.3 Å². The van der Waals surface area contributed by atoms with Gasteiger partial charge in [0, 0.05) is 19.7 Å². The van der Waals surface area contributed by atoms with Gasteiger partial charge in [-0.15, -0.1) is 0 Å². The fourth-order valence-electron chi connectivity index (χ4n) is 1.68. The van der Waals surface area contributed by atoms with Gasteiger partial charge < -0.3 is 5.32 Å². The number of carbonyl (C=O) groups excluding carboxylic acids is 1. The van der Waals surface area contributed by atoms with Crippen molar-refractivity contribution in [2.24, 2.45) is 5.10 Å². The molecule has 0 aliphatic carbocycles. The Labute approximate surface area is 88.6 Å². The summed E-state index contributed by atoms with van der Waals surface area (Å²) in [5.74, 6) is 0. The molecule has 2 amide bonds. The fourth-order valence-corrected chi connectivity index (χ4v) is 1.68. The Hall–Kier alpha value is -1.84. The molecule has 2 rings (SSSR count). The third-order valence-electron chi connectivity index (χ3n) is 2.44. The first kappa shape index (κ1) is 9.71. The molecule has 0 bridgehead atoms. The van der Waals surface area contributed by atoms with Crippen LogP contribution in [0.5, 0.6) is 0 Å². The maximum Gasteiger partial charge on any atom is 0.338 e.